The molecule has 0 aromatic rings. The van der Waals surface area contributed by atoms with E-state index >= 15 is 0 Å². The van der Waals surface area contributed by atoms with E-state index in [1.807, 2.05) is 14.0 Å². The van der Waals surface area contributed by atoms with Crippen molar-refractivity contribution in [2.45, 2.75) is 6.92 Å². The lowest BCUT2D eigenvalue weighted by Crippen LogP contribution is -2.43. The monoisotopic (exact) mass is 319 g/mol. The number of likely N-dealkylation sites (N-methyl/N-ethyl adjacent to an activating group) is 1. The quantitative estimate of drug-likeness (QED) is 0.416. The van der Waals surface area contributed by atoms with Gasteiger partial charge in [0.15, 0.2) is 6.04 Å². The first-order valence-electron chi connectivity index (χ1n) is 7.14. The summed E-state index contributed by atoms with van der Waals surface area (Å²) in [5.74, 6) is 29.6. The number of rotatable bonds is 4. The molecule has 0 N–H and O–H groups in total. The molecule has 0 radical (unpaired) electrons. The van der Waals surface area contributed by atoms with Gasteiger partial charge in [0.05, 0.1) is 26.1 Å². The highest BCUT2D eigenvalue weighted by atomic mass is 15.3. The Labute approximate surface area is 151 Å². The van der Waals surface area contributed by atoms with E-state index in [0.29, 0.717) is 17.6 Å². The molecule has 1 atom stereocenters. The molecule has 0 aliphatic rings. The lowest BCUT2D eigenvalue weighted by molar-refractivity contribution is -0.841. The van der Waals surface area contributed by atoms with Crippen molar-refractivity contribution in [2.24, 2.45) is 0 Å². The van der Waals surface area contributed by atoms with Gasteiger partial charge in [-0.25, -0.2) is 4.48 Å². The maximum atomic E-state index is 5.07. The van der Waals surface area contributed by atoms with Crippen molar-refractivity contribution >= 4 is 0 Å². The first-order chi connectivity index (χ1) is 12.1. The van der Waals surface area contributed by atoms with Crippen LogP contribution in [0.1, 0.15) is 6.92 Å². The fourth-order valence-corrected chi connectivity index (χ4v) is 1.31. The van der Waals surface area contributed by atoms with Crippen LogP contribution in [0.4, 0.5) is 0 Å². The Kier molecular flexibility index (Phi) is 11.2. The normalized spacial score (nSPS) is 8.76. The lowest BCUT2D eigenvalue weighted by atomic mass is 10.4. The molecule has 1 unspecified atom stereocenters. The summed E-state index contributed by atoms with van der Waals surface area (Å²) in [5.41, 5.74) is 0. The highest BCUT2D eigenvalue weighted by Crippen LogP contribution is 2.00. The molecule has 0 spiro atoms. The predicted octanol–water partition coefficient (Wildman–Crippen LogP) is 0.547. The average molecular weight is 319 g/mol. The second-order valence-corrected chi connectivity index (χ2v) is 4.48. The van der Waals surface area contributed by atoms with Crippen LogP contribution in [0.2, 0.25) is 0 Å². The van der Waals surface area contributed by atoms with Crippen molar-refractivity contribution in [1.29, 1.82) is 0 Å². The van der Waals surface area contributed by atoms with E-state index < -0.39 is 0 Å². The van der Waals surface area contributed by atoms with Gasteiger partial charge in [0.1, 0.15) is 6.54 Å². The van der Waals surface area contributed by atoms with Gasteiger partial charge in [-0.05, 0) is 42.4 Å². The summed E-state index contributed by atoms with van der Waals surface area (Å²) in [5, 5.41) is 0. The van der Waals surface area contributed by atoms with Crippen LogP contribution in [0.15, 0.2) is 0 Å². The van der Waals surface area contributed by atoms with Gasteiger partial charge in [0, 0.05) is 41.7 Å². The van der Waals surface area contributed by atoms with Crippen molar-refractivity contribution in [3.63, 3.8) is 0 Å². The van der Waals surface area contributed by atoms with Crippen molar-refractivity contribution in [3.05, 3.63) is 0 Å². The molecule has 2 nitrogen and oxygen atoms in total. The third kappa shape index (κ3) is 11.1. The Morgan fingerprint density at radius 2 is 1.20 bits per heavy atom. The van der Waals surface area contributed by atoms with Crippen molar-refractivity contribution in [1.82, 2.24) is 4.90 Å². The molecule has 0 aromatic carbocycles. The van der Waals surface area contributed by atoms with Crippen LogP contribution < -0.4 is 0 Å². The SMILES string of the molecule is C#CC#CC#CN(C#CC#CC#C)CC[N+](C)(C#CC#CC#C)CC. The van der Waals surface area contributed by atoms with Gasteiger partial charge in [0.25, 0.3) is 0 Å². The Morgan fingerprint density at radius 3 is 1.64 bits per heavy atom. The molecule has 0 aromatic heterocycles. The molecule has 0 rings (SSSR count). The summed E-state index contributed by atoms with van der Waals surface area (Å²) >= 11 is 0. The van der Waals surface area contributed by atoms with E-state index in [4.69, 9.17) is 19.3 Å². The molecule has 0 aliphatic heterocycles. The number of hydrogen-bond donors (Lipinski definition) is 0. The summed E-state index contributed by atoms with van der Waals surface area (Å²) in [4.78, 5) is 1.58. The summed E-state index contributed by atoms with van der Waals surface area (Å²) in [6.07, 6.45) is 15.2. The third-order valence-electron chi connectivity index (χ3n) is 2.81. The molecule has 0 saturated carbocycles. The Morgan fingerprint density at radius 1 is 0.720 bits per heavy atom. The van der Waals surface area contributed by atoms with Gasteiger partial charge < -0.3 is 0 Å². The molecule has 0 fully saturated rings. The lowest BCUT2D eigenvalue weighted by Gasteiger charge is -2.26. The minimum absolute atomic E-state index is 0.463. The smallest absolute Gasteiger partial charge is 0.151 e. The molecule has 2 heteroatoms. The van der Waals surface area contributed by atoms with E-state index in [9.17, 15) is 0 Å². The maximum Gasteiger partial charge on any atom is 0.151 e. The van der Waals surface area contributed by atoms with Crippen LogP contribution in [0, 0.1) is 108 Å². The van der Waals surface area contributed by atoms with E-state index in [2.05, 4.69) is 89.2 Å². The van der Waals surface area contributed by atoms with Gasteiger partial charge >= 0.3 is 0 Å². The van der Waals surface area contributed by atoms with Crippen LogP contribution >= 0.6 is 0 Å². The van der Waals surface area contributed by atoms with E-state index in [-0.39, 0.29) is 0 Å². The van der Waals surface area contributed by atoms with E-state index in [1.54, 1.807) is 4.90 Å². The highest BCUT2D eigenvalue weighted by Gasteiger charge is 2.17. The summed E-state index contributed by atoms with van der Waals surface area (Å²) < 4.78 is 0.463. The third-order valence-corrected chi connectivity index (χ3v) is 2.81. The summed E-state index contributed by atoms with van der Waals surface area (Å²) in [6, 6.07) is 8.70. The zero-order valence-corrected chi connectivity index (χ0v) is 14.2. The van der Waals surface area contributed by atoms with Gasteiger partial charge in [0.2, 0.25) is 0 Å². The molecular formula is C23H15N2+. The summed E-state index contributed by atoms with van der Waals surface area (Å²) in [7, 11) is 1.99. The Bertz CT molecular complexity index is 920. The zero-order valence-electron chi connectivity index (χ0n) is 14.2. The molecule has 116 valence electrons. The minimum atomic E-state index is 0.463. The standard InChI is InChI=1S/C23H15N2/c1-6-10-13-16-19-24(20-17-14-11-7-2)21-23-25(5,9-4)22-18-15-12-8-3/h1-3H,9,21,23H2,4-5H3/q+1. The topological polar surface area (TPSA) is 3.24 Å². The maximum absolute atomic E-state index is 5.07. The molecule has 0 amide bonds. The molecular weight excluding hydrogens is 304 g/mol. The van der Waals surface area contributed by atoms with Crippen molar-refractivity contribution < 1.29 is 4.48 Å². The second kappa shape index (κ2) is 13.5. The van der Waals surface area contributed by atoms with Crippen LogP contribution in [0.25, 0.3) is 0 Å². The minimum Gasteiger partial charge on any atom is -0.253 e. The molecule has 0 saturated heterocycles. The van der Waals surface area contributed by atoms with Crippen LogP contribution in [0.5, 0.6) is 0 Å². The molecule has 0 aliphatic carbocycles. The first kappa shape index (κ1) is 20.8. The molecule has 25 heavy (non-hydrogen) atoms. The van der Waals surface area contributed by atoms with Crippen molar-refractivity contribution in [3.8, 4) is 108 Å². The fraction of sp³-hybridized carbons (Fsp3) is 0.217. The van der Waals surface area contributed by atoms with Crippen LogP contribution in [-0.4, -0.2) is 36.1 Å². The first-order valence-corrected chi connectivity index (χ1v) is 7.14. The number of terminal acetylenes is 3. The Balaban J connectivity index is 5.26. The highest BCUT2D eigenvalue weighted by molar-refractivity contribution is 5.36. The van der Waals surface area contributed by atoms with Gasteiger partial charge in [-0.1, -0.05) is 0 Å². The van der Waals surface area contributed by atoms with Gasteiger partial charge in [-0.2, -0.15) is 0 Å². The number of quaternary nitrogens is 1. The fourth-order valence-electron chi connectivity index (χ4n) is 1.31. The Hall–Kier alpha value is -4.20. The van der Waals surface area contributed by atoms with Crippen molar-refractivity contribution in [2.75, 3.05) is 26.7 Å². The zero-order chi connectivity index (χ0) is 18.8. The summed E-state index contributed by atoms with van der Waals surface area (Å²) in [6.45, 7) is 4.00. The second-order valence-electron chi connectivity index (χ2n) is 4.48. The molecule has 0 heterocycles. The molecule has 0 bridgehead atoms. The largest absolute Gasteiger partial charge is 0.253 e. The van der Waals surface area contributed by atoms with E-state index in [0.717, 1.165) is 6.54 Å². The van der Waals surface area contributed by atoms with Gasteiger partial charge in [-0.3, -0.25) is 4.90 Å². The number of hydrogen-bond acceptors (Lipinski definition) is 1. The van der Waals surface area contributed by atoms with Gasteiger partial charge in [-0.15, -0.1) is 19.3 Å². The average Bonchev–Trinajstić information content (AvgIpc) is 2.63. The number of nitrogens with zero attached hydrogens (tertiary/aromatic N) is 2. The predicted molar refractivity (Wildman–Crippen MR) is 101 cm³/mol. The van der Waals surface area contributed by atoms with E-state index in [1.165, 1.54) is 0 Å². The van der Waals surface area contributed by atoms with Crippen LogP contribution in [0.3, 0.4) is 0 Å². The van der Waals surface area contributed by atoms with Crippen LogP contribution in [-0.2, 0) is 0 Å².